The lowest BCUT2D eigenvalue weighted by molar-refractivity contribution is -0.186. The van der Waals surface area contributed by atoms with E-state index < -0.39 is 17.7 Å². The molecule has 3 rings (SSSR count). The number of phenolic OH excluding ortho intramolecular Hbond substituents is 2. The predicted octanol–water partition coefficient (Wildman–Crippen LogP) is 3.77. The molecule has 0 spiro atoms. The fraction of sp³-hybridized carbons (Fsp3) is 0.300. The minimum absolute atomic E-state index is 0.0488. The van der Waals surface area contributed by atoms with Gasteiger partial charge in [0.1, 0.15) is 11.5 Å². The molecule has 0 atom stereocenters. The Balaban J connectivity index is 1.77. The second-order valence-corrected chi connectivity index (χ2v) is 6.34. The van der Waals surface area contributed by atoms with Crippen LogP contribution in [0.3, 0.4) is 0 Å². The Labute approximate surface area is 151 Å². The van der Waals surface area contributed by atoms with Crippen LogP contribution in [0.5, 0.6) is 11.5 Å². The van der Waals surface area contributed by atoms with Gasteiger partial charge in [0.2, 0.25) is 0 Å². The predicted molar refractivity (Wildman–Crippen MR) is 92.9 cm³/mol. The molecule has 0 bridgehead atoms. The summed E-state index contributed by atoms with van der Waals surface area (Å²) in [6, 6.07) is 11.4. The van der Waals surface area contributed by atoms with Crippen LogP contribution in [0.4, 0.5) is 0 Å². The van der Waals surface area contributed by atoms with E-state index in [1.165, 1.54) is 48.5 Å². The molecule has 0 saturated heterocycles. The van der Waals surface area contributed by atoms with Crippen molar-refractivity contribution in [3.63, 3.8) is 0 Å². The van der Waals surface area contributed by atoms with E-state index >= 15 is 0 Å². The fourth-order valence-corrected chi connectivity index (χ4v) is 2.97. The molecular weight excluding hydrogens is 336 g/mol. The highest BCUT2D eigenvalue weighted by Gasteiger charge is 2.40. The van der Waals surface area contributed by atoms with Crippen LogP contribution in [0, 0.1) is 0 Å². The van der Waals surface area contributed by atoms with Gasteiger partial charge in [-0.15, -0.1) is 0 Å². The zero-order chi connectivity index (χ0) is 18.6. The maximum Gasteiger partial charge on any atom is 0.341 e. The third-order valence-corrected chi connectivity index (χ3v) is 4.38. The molecule has 1 aliphatic carbocycles. The fourth-order valence-electron chi connectivity index (χ4n) is 2.97. The van der Waals surface area contributed by atoms with E-state index in [9.17, 15) is 19.8 Å². The molecule has 0 aromatic heterocycles. The topological polar surface area (TPSA) is 93.1 Å². The Morgan fingerprint density at radius 1 is 0.692 bits per heavy atom. The van der Waals surface area contributed by atoms with Crippen LogP contribution in [0.1, 0.15) is 52.8 Å². The van der Waals surface area contributed by atoms with Gasteiger partial charge in [-0.3, -0.25) is 0 Å². The van der Waals surface area contributed by atoms with Crippen LogP contribution in [-0.2, 0) is 9.47 Å². The van der Waals surface area contributed by atoms with Gasteiger partial charge in [0.15, 0.2) is 0 Å². The third-order valence-electron chi connectivity index (χ3n) is 4.38. The Morgan fingerprint density at radius 2 is 1.08 bits per heavy atom. The van der Waals surface area contributed by atoms with Gasteiger partial charge in [-0.05, 0) is 61.4 Å². The minimum Gasteiger partial charge on any atom is -0.508 e. The van der Waals surface area contributed by atoms with Crippen molar-refractivity contribution in [1.82, 2.24) is 0 Å². The largest absolute Gasteiger partial charge is 0.508 e. The molecule has 6 heteroatoms. The zero-order valence-corrected chi connectivity index (χ0v) is 14.2. The molecule has 0 amide bonds. The van der Waals surface area contributed by atoms with Crippen molar-refractivity contribution < 1.29 is 29.3 Å². The van der Waals surface area contributed by atoms with Crippen molar-refractivity contribution in [3.05, 3.63) is 59.7 Å². The van der Waals surface area contributed by atoms with Crippen molar-refractivity contribution in [3.8, 4) is 11.5 Å². The van der Waals surface area contributed by atoms with Crippen LogP contribution in [-0.4, -0.2) is 27.9 Å². The van der Waals surface area contributed by atoms with Crippen LogP contribution in [0.15, 0.2) is 48.5 Å². The quantitative estimate of drug-likeness (QED) is 0.640. The molecule has 1 saturated carbocycles. The Hall–Kier alpha value is -3.02. The molecule has 2 aromatic carbocycles. The van der Waals surface area contributed by atoms with Gasteiger partial charge in [-0.2, -0.15) is 0 Å². The van der Waals surface area contributed by atoms with E-state index in [2.05, 4.69) is 0 Å². The summed E-state index contributed by atoms with van der Waals surface area (Å²) in [4.78, 5) is 24.9. The van der Waals surface area contributed by atoms with Gasteiger partial charge in [0, 0.05) is 12.8 Å². The number of phenols is 2. The van der Waals surface area contributed by atoms with Crippen molar-refractivity contribution in [2.75, 3.05) is 0 Å². The summed E-state index contributed by atoms with van der Waals surface area (Å²) in [5.74, 6) is -2.42. The van der Waals surface area contributed by atoms with Crippen LogP contribution in [0.25, 0.3) is 0 Å². The van der Waals surface area contributed by atoms with Crippen molar-refractivity contribution in [1.29, 1.82) is 0 Å². The molecule has 2 N–H and O–H groups in total. The molecule has 0 radical (unpaired) electrons. The van der Waals surface area contributed by atoms with E-state index in [0.29, 0.717) is 12.8 Å². The monoisotopic (exact) mass is 356 g/mol. The lowest BCUT2D eigenvalue weighted by Crippen LogP contribution is -2.42. The minimum atomic E-state index is -1.30. The first-order chi connectivity index (χ1) is 12.5. The molecule has 2 aromatic rings. The van der Waals surface area contributed by atoms with E-state index in [4.69, 9.17) is 9.47 Å². The van der Waals surface area contributed by atoms with Crippen molar-refractivity contribution in [2.24, 2.45) is 0 Å². The summed E-state index contributed by atoms with van der Waals surface area (Å²) in [7, 11) is 0. The number of rotatable bonds is 4. The molecule has 136 valence electrons. The second kappa shape index (κ2) is 7.47. The SMILES string of the molecule is O=C(OC1(OC(=O)c2ccc(O)cc2)CCCCC1)c1ccc(O)cc1. The lowest BCUT2D eigenvalue weighted by atomic mass is 9.93. The second-order valence-electron chi connectivity index (χ2n) is 6.34. The summed E-state index contributed by atoms with van der Waals surface area (Å²) in [5, 5.41) is 18.7. The number of aromatic hydroxyl groups is 2. The molecule has 6 nitrogen and oxygen atoms in total. The summed E-state index contributed by atoms with van der Waals surface area (Å²) in [5.41, 5.74) is 0.543. The number of hydrogen-bond donors (Lipinski definition) is 2. The average Bonchev–Trinajstić information content (AvgIpc) is 2.63. The highest BCUT2D eigenvalue weighted by atomic mass is 16.7. The van der Waals surface area contributed by atoms with E-state index in [1.54, 1.807) is 0 Å². The summed E-state index contributed by atoms with van der Waals surface area (Å²) >= 11 is 0. The van der Waals surface area contributed by atoms with Gasteiger partial charge in [0.25, 0.3) is 5.79 Å². The van der Waals surface area contributed by atoms with Gasteiger partial charge >= 0.3 is 11.9 Å². The Bertz CT molecular complexity index is 711. The molecule has 26 heavy (non-hydrogen) atoms. The number of benzene rings is 2. The molecule has 0 aliphatic heterocycles. The highest BCUT2D eigenvalue weighted by Crippen LogP contribution is 2.34. The maximum absolute atomic E-state index is 12.5. The number of ether oxygens (including phenoxy) is 2. The van der Waals surface area contributed by atoms with E-state index in [1.807, 2.05) is 0 Å². The highest BCUT2D eigenvalue weighted by molar-refractivity contribution is 5.91. The Morgan fingerprint density at radius 3 is 1.46 bits per heavy atom. The number of carbonyl (C=O) groups excluding carboxylic acids is 2. The summed E-state index contributed by atoms with van der Waals surface area (Å²) in [6.07, 6.45) is 3.41. The number of esters is 2. The van der Waals surface area contributed by atoms with E-state index in [-0.39, 0.29) is 22.6 Å². The molecular formula is C20H20O6. The normalized spacial score (nSPS) is 15.8. The maximum atomic E-state index is 12.5. The van der Waals surface area contributed by atoms with Gasteiger partial charge in [-0.25, -0.2) is 9.59 Å². The lowest BCUT2D eigenvalue weighted by Gasteiger charge is -2.35. The van der Waals surface area contributed by atoms with Crippen LogP contribution < -0.4 is 0 Å². The standard InChI is InChI=1S/C20H20O6/c21-16-8-4-14(5-9-16)18(23)25-20(12-2-1-3-13-20)26-19(24)15-6-10-17(22)11-7-15/h4-11,21-22H,1-3,12-13H2. The summed E-state index contributed by atoms with van der Waals surface area (Å²) in [6.45, 7) is 0. The molecule has 1 fully saturated rings. The van der Waals surface area contributed by atoms with Gasteiger partial charge in [-0.1, -0.05) is 6.42 Å². The van der Waals surface area contributed by atoms with Crippen LogP contribution >= 0.6 is 0 Å². The van der Waals surface area contributed by atoms with Crippen molar-refractivity contribution in [2.45, 2.75) is 37.9 Å². The smallest absolute Gasteiger partial charge is 0.341 e. The average molecular weight is 356 g/mol. The molecule has 0 unspecified atom stereocenters. The Kier molecular flexibility index (Phi) is 5.11. The summed E-state index contributed by atoms with van der Waals surface area (Å²) < 4.78 is 11.2. The van der Waals surface area contributed by atoms with Crippen molar-refractivity contribution >= 4 is 11.9 Å². The van der Waals surface area contributed by atoms with E-state index in [0.717, 1.165) is 19.3 Å². The van der Waals surface area contributed by atoms with Crippen LogP contribution in [0.2, 0.25) is 0 Å². The van der Waals surface area contributed by atoms with Gasteiger partial charge < -0.3 is 19.7 Å². The first-order valence-corrected chi connectivity index (χ1v) is 8.52. The number of carbonyl (C=O) groups is 2. The molecule has 1 aliphatic rings. The third kappa shape index (κ3) is 4.14. The van der Waals surface area contributed by atoms with Gasteiger partial charge in [0.05, 0.1) is 11.1 Å². The zero-order valence-electron chi connectivity index (χ0n) is 14.2. The molecule has 0 heterocycles. The number of hydrogen-bond acceptors (Lipinski definition) is 6. The first kappa shape index (κ1) is 17.8. The first-order valence-electron chi connectivity index (χ1n) is 8.52.